The number of benzene rings is 1. The zero-order valence-electron chi connectivity index (χ0n) is 13.2. The lowest BCUT2D eigenvalue weighted by Crippen LogP contribution is -2.43. The van der Waals surface area contributed by atoms with Crippen molar-refractivity contribution in [1.29, 1.82) is 0 Å². The summed E-state index contributed by atoms with van der Waals surface area (Å²) in [7, 11) is 0. The molecule has 2 atom stereocenters. The summed E-state index contributed by atoms with van der Waals surface area (Å²) in [5, 5.41) is 18.6. The minimum atomic E-state index is -1.04. The van der Waals surface area contributed by atoms with Crippen LogP contribution in [0.25, 0.3) is 0 Å². The van der Waals surface area contributed by atoms with Crippen molar-refractivity contribution < 1.29 is 14.3 Å². The molecule has 0 saturated carbocycles. The minimum absolute atomic E-state index is 0.0330. The molecule has 2 N–H and O–H groups in total. The lowest BCUT2D eigenvalue weighted by atomic mass is 10.1. The third-order valence-corrected chi connectivity index (χ3v) is 4.78. The second-order valence-electron chi connectivity index (χ2n) is 5.62. The standard InChI is InChI=1S/C16H15ClFIN4O2/c1-9(10-2-3-12(17)13(18)6-10)20-15(24)8-23-16(25)22-5-4-11(19)7-14(22)21-23/h2-7,9,16,25H,8H2,1H3,(H,20,24)/t9-,16?/m0/s1. The summed E-state index contributed by atoms with van der Waals surface area (Å²) in [6, 6.07) is 3.98. The molecule has 2 aliphatic rings. The molecule has 9 heteroatoms. The number of hydrogen-bond acceptors (Lipinski definition) is 5. The molecule has 0 fully saturated rings. The topological polar surface area (TPSA) is 68.2 Å². The van der Waals surface area contributed by atoms with Crippen molar-refractivity contribution in [2.24, 2.45) is 5.10 Å². The maximum absolute atomic E-state index is 13.5. The number of aliphatic hydroxyl groups is 1. The van der Waals surface area contributed by atoms with Gasteiger partial charge in [0, 0.05) is 9.78 Å². The van der Waals surface area contributed by atoms with Crippen LogP contribution in [0.5, 0.6) is 0 Å². The van der Waals surface area contributed by atoms with Gasteiger partial charge in [-0.15, -0.1) is 0 Å². The molecule has 1 unspecified atom stereocenters. The second-order valence-corrected chi connectivity index (χ2v) is 7.27. The summed E-state index contributed by atoms with van der Waals surface area (Å²) in [6.45, 7) is 1.61. The molecule has 3 rings (SSSR count). The Morgan fingerprint density at radius 3 is 3.04 bits per heavy atom. The molecule has 0 spiro atoms. The molecule has 25 heavy (non-hydrogen) atoms. The first-order chi connectivity index (χ1) is 11.8. The average molecular weight is 477 g/mol. The van der Waals surface area contributed by atoms with Crippen molar-refractivity contribution in [2.75, 3.05) is 6.54 Å². The summed E-state index contributed by atoms with van der Waals surface area (Å²) < 4.78 is 14.5. The molecule has 1 aromatic rings. The first-order valence-corrected chi connectivity index (χ1v) is 8.92. The molecular formula is C16H15ClFIN4O2. The number of hydrogen-bond donors (Lipinski definition) is 2. The van der Waals surface area contributed by atoms with Crippen molar-refractivity contribution in [1.82, 2.24) is 15.2 Å². The largest absolute Gasteiger partial charge is 0.355 e. The number of carbonyl (C=O) groups excluding carboxylic acids is 1. The Kier molecular flexibility index (Phi) is 5.30. The van der Waals surface area contributed by atoms with Crippen molar-refractivity contribution in [3.8, 4) is 0 Å². The van der Waals surface area contributed by atoms with Gasteiger partial charge in [0.15, 0.2) is 5.84 Å². The predicted octanol–water partition coefficient (Wildman–Crippen LogP) is 2.71. The summed E-state index contributed by atoms with van der Waals surface area (Å²) >= 11 is 7.81. The second kappa shape index (κ2) is 7.30. The number of carbonyl (C=O) groups is 1. The lowest BCUT2D eigenvalue weighted by Gasteiger charge is -2.25. The normalized spacial score (nSPS) is 20.1. The molecule has 2 aliphatic heterocycles. The third-order valence-electron chi connectivity index (χ3n) is 3.80. The van der Waals surface area contributed by atoms with Crippen LogP contribution in [-0.4, -0.2) is 39.7 Å². The number of amides is 1. The number of rotatable bonds is 4. The Morgan fingerprint density at radius 1 is 1.56 bits per heavy atom. The van der Waals surface area contributed by atoms with Gasteiger partial charge in [-0.3, -0.25) is 9.69 Å². The van der Waals surface area contributed by atoms with E-state index in [4.69, 9.17) is 11.6 Å². The molecule has 0 radical (unpaired) electrons. The maximum atomic E-state index is 13.5. The lowest BCUT2D eigenvalue weighted by molar-refractivity contribution is -0.127. The number of fused-ring (bicyclic) bond motifs is 1. The van der Waals surface area contributed by atoms with Gasteiger partial charge in [-0.05, 0) is 59.4 Å². The molecule has 0 aromatic heterocycles. The van der Waals surface area contributed by atoms with Crippen LogP contribution in [0.2, 0.25) is 5.02 Å². The molecule has 2 heterocycles. The molecule has 132 valence electrons. The van der Waals surface area contributed by atoms with Crippen molar-refractivity contribution >= 4 is 45.9 Å². The van der Waals surface area contributed by atoms with Crippen LogP contribution in [0.3, 0.4) is 0 Å². The Morgan fingerprint density at radius 2 is 2.32 bits per heavy atom. The van der Waals surface area contributed by atoms with Gasteiger partial charge >= 0.3 is 0 Å². The summed E-state index contributed by atoms with van der Waals surface area (Å²) in [6.07, 6.45) is 4.31. The van der Waals surface area contributed by atoms with E-state index in [0.717, 1.165) is 3.58 Å². The van der Waals surface area contributed by atoms with E-state index in [-0.39, 0.29) is 17.5 Å². The van der Waals surface area contributed by atoms with Gasteiger partial charge in [-0.2, -0.15) is 5.10 Å². The molecule has 0 aliphatic carbocycles. The van der Waals surface area contributed by atoms with E-state index in [1.165, 1.54) is 17.1 Å². The van der Waals surface area contributed by atoms with Crippen LogP contribution in [0, 0.1) is 5.82 Å². The number of hydrazone groups is 1. The van der Waals surface area contributed by atoms with E-state index < -0.39 is 18.2 Å². The van der Waals surface area contributed by atoms with E-state index in [2.05, 4.69) is 33.0 Å². The number of halogens is 3. The van der Waals surface area contributed by atoms with Gasteiger partial charge < -0.3 is 10.4 Å². The average Bonchev–Trinajstić information content (AvgIpc) is 2.85. The Balaban J connectivity index is 1.63. The number of allylic oxidation sites excluding steroid dienone is 2. The monoisotopic (exact) mass is 476 g/mol. The van der Waals surface area contributed by atoms with Crippen LogP contribution in [0.15, 0.2) is 45.2 Å². The zero-order chi connectivity index (χ0) is 18.1. The van der Waals surface area contributed by atoms with E-state index in [1.807, 2.05) is 6.08 Å². The molecule has 0 bridgehead atoms. The highest BCUT2D eigenvalue weighted by molar-refractivity contribution is 14.1. The SMILES string of the molecule is C[C@H](NC(=O)CN1N=C2C=C(I)C=CN2C1O)c1ccc(Cl)c(F)c1. The van der Waals surface area contributed by atoms with E-state index in [9.17, 15) is 14.3 Å². The molecule has 1 aromatic carbocycles. The van der Waals surface area contributed by atoms with E-state index >= 15 is 0 Å². The third kappa shape index (κ3) is 3.96. The first kappa shape index (κ1) is 18.2. The number of aliphatic hydroxyl groups excluding tert-OH is 1. The summed E-state index contributed by atoms with van der Waals surface area (Å²) in [5.74, 6) is -0.305. The van der Waals surface area contributed by atoms with E-state index in [1.54, 1.807) is 30.2 Å². The van der Waals surface area contributed by atoms with Gasteiger partial charge in [0.1, 0.15) is 12.4 Å². The Hall–Kier alpha value is -1.65. The van der Waals surface area contributed by atoms with Gasteiger partial charge in [-0.1, -0.05) is 17.7 Å². The zero-order valence-corrected chi connectivity index (χ0v) is 16.1. The fourth-order valence-electron chi connectivity index (χ4n) is 2.49. The van der Waals surface area contributed by atoms with Crippen LogP contribution in [0.1, 0.15) is 18.5 Å². The highest BCUT2D eigenvalue weighted by Crippen LogP contribution is 2.24. The smallest absolute Gasteiger partial charge is 0.241 e. The van der Waals surface area contributed by atoms with Crippen LogP contribution < -0.4 is 5.32 Å². The fourth-order valence-corrected chi connectivity index (χ4v) is 3.05. The van der Waals surface area contributed by atoms with Crippen LogP contribution >= 0.6 is 34.2 Å². The van der Waals surface area contributed by atoms with Crippen molar-refractivity contribution in [3.05, 3.63) is 56.5 Å². The van der Waals surface area contributed by atoms with Crippen LogP contribution in [-0.2, 0) is 4.79 Å². The number of nitrogens with one attached hydrogen (secondary N) is 1. The fraction of sp³-hybridized carbons (Fsp3) is 0.250. The summed E-state index contributed by atoms with van der Waals surface area (Å²) in [4.78, 5) is 13.8. The molecular weight excluding hydrogens is 462 g/mol. The van der Waals surface area contributed by atoms with Gasteiger partial charge in [-0.25, -0.2) is 9.40 Å². The highest BCUT2D eigenvalue weighted by atomic mass is 127. The van der Waals surface area contributed by atoms with Gasteiger partial charge in [0.2, 0.25) is 12.3 Å². The number of nitrogens with zero attached hydrogens (tertiary/aromatic N) is 3. The minimum Gasteiger partial charge on any atom is -0.355 e. The Labute approximate surface area is 162 Å². The van der Waals surface area contributed by atoms with Crippen molar-refractivity contribution in [3.63, 3.8) is 0 Å². The molecule has 1 amide bonds. The van der Waals surface area contributed by atoms with Crippen LogP contribution in [0.4, 0.5) is 4.39 Å². The van der Waals surface area contributed by atoms with E-state index in [0.29, 0.717) is 11.4 Å². The quantitative estimate of drug-likeness (QED) is 0.656. The Bertz CT molecular complexity index is 798. The first-order valence-electron chi connectivity index (χ1n) is 7.46. The molecule has 0 saturated heterocycles. The van der Waals surface area contributed by atoms with Gasteiger partial charge in [0.25, 0.3) is 0 Å². The number of amidine groups is 1. The van der Waals surface area contributed by atoms with Crippen molar-refractivity contribution in [2.45, 2.75) is 19.3 Å². The highest BCUT2D eigenvalue weighted by Gasteiger charge is 2.32. The molecule has 6 nitrogen and oxygen atoms in total. The van der Waals surface area contributed by atoms with Gasteiger partial charge in [0.05, 0.1) is 11.1 Å². The maximum Gasteiger partial charge on any atom is 0.241 e. The predicted molar refractivity (Wildman–Crippen MR) is 101 cm³/mol. The summed E-state index contributed by atoms with van der Waals surface area (Å²) in [5.41, 5.74) is 0.598.